The largest absolute Gasteiger partial charge is 0.506 e. The fourth-order valence-electron chi connectivity index (χ4n) is 1.58. The normalized spacial score (nSPS) is 11.2. The third kappa shape index (κ3) is 3.47. The maximum absolute atomic E-state index is 13.1. The van der Waals surface area contributed by atoms with Crippen molar-refractivity contribution >= 4 is 11.6 Å². The van der Waals surface area contributed by atoms with Gasteiger partial charge in [-0.05, 0) is 24.3 Å². The van der Waals surface area contributed by atoms with Gasteiger partial charge in [0.1, 0.15) is 11.6 Å². The summed E-state index contributed by atoms with van der Waals surface area (Å²) in [5.74, 6) is -2.48. The average molecular weight is 300 g/mol. The van der Waals surface area contributed by atoms with Crippen LogP contribution in [0.2, 0.25) is 0 Å². The van der Waals surface area contributed by atoms with Gasteiger partial charge in [0.05, 0.1) is 17.3 Å². The number of carbonyl (C=O) groups excluding carboxylic acids is 1. The van der Waals surface area contributed by atoms with E-state index in [2.05, 4.69) is 10.3 Å². The second-order valence-electron chi connectivity index (χ2n) is 4.08. The van der Waals surface area contributed by atoms with E-state index >= 15 is 0 Å². The smallest absolute Gasteiger partial charge is 0.419 e. The van der Waals surface area contributed by atoms with E-state index < -0.39 is 23.5 Å². The number of aromatic nitrogens is 1. The lowest BCUT2D eigenvalue weighted by molar-refractivity contribution is -0.139. The number of amides is 1. The molecule has 8 heteroatoms. The fraction of sp³-hybridized carbons (Fsp3) is 0.0769. The maximum Gasteiger partial charge on any atom is 0.419 e. The molecule has 1 aromatic carbocycles. The molecule has 110 valence electrons. The number of halogens is 4. The number of nitrogens with one attached hydrogen (secondary N) is 1. The molecule has 0 aliphatic carbocycles. The van der Waals surface area contributed by atoms with Crippen molar-refractivity contribution in [1.29, 1.82) is 0 Å². The first-order chi connectivity index (χ1) is 9.77. The van der Waals surface area contributed by atoms with E-state index in [1.54, 1.807) is 0 Å². The molecule has 2 aromatic rings. The molecule has 4 nitrogen and oxygen atoms in total. The highest BCUT2D eigenvalue weighted by Crippen LogP contribution is 2.33. The minimum atomic E-state index is -4.86. The summed E-state index contributed by atoms with van der Waals surface area (Å²) in [7, 11) is 0. The summed E-state index contributed by atoms with van der Waals surface area (Å²) in [6.07, 6.45) is -2.64. The van der Waals surface area contributed by atoms with Gasteiger partial charge in [0, 0.05) is 11.9 Å². The molecule has 0 radical (unpaired) electrons. The van der Waals surface area contributed by atoms with Crippen LogP contribution in [0.1, 0.15) is 15.9 Å². The fourth-order valence-corrected chi connectivity index (χ4v) is 1.58. The molecule has 1 amide bonds. The molecule has 1 aromatic heterocycles. The van der Waals surface area contributed by atoms with Gasteiger partial charge in [0.15, 0.2) is 0 Å². The van der Waals surface area contributed by atoms with Crippen LogP contribution in [0.15, 0.2) is 36.7 Å². The molecule has 21 heavy (non-hydrogen) atoms. The first kappa shape index (κ1) is 14.8. The average Bonchev–Trinajstić information content (AvgIpc) is 2.39. The van der Waals surface area contributed by atoms with Crippen LogP contribution in [-0.2, 0) is 6.18 Å². The van der Waals surface area contributed by atoms with Crippen molar-refractivity contribution in [3.8, 4) is 5.75 Å². The quantitative estimate of drug-likeness (QED) is 0.837. The van der Waals surface area contributed by atoms with E-state index in [1.807, 2.05) is 0 Å². The Morgan fingerprint density at radius 1 is 1.19 bits per heavy atom. The molecule has 0 saturated heterocycles. The molecule has 0 aliphatic rings. The van der Waals surface area contributed by atoms with Gasteiger partial charge < -0.3 is 10.4 Å². The topological polar surface area (TPSA) is 62.2 Å². The van der Waals surface area contributed by atoms with Crippen LogP contribution in [0, 0.1) is 5.82 Å². The van der Waals surface area contributed by atoms with Crippen molar-refractivity contribution in [2.75, 3.05) is 5.32 Å². The Morgan fingerprint density at radius 3 is 2.52 bits per heavy atom. The number of benzene rings is 1. The first-order valence-corrected chi connectivity index (χ1v) is 5.59. The Balaban J connectivity index is 2.26. The number of hydrogen-bond acceptors (Lipinski definition) is 3. The highest BCUT2D eigenvalue weighted by atomic mass is 19.4. The van der Waals surface area contributed by atoms with E-state index in [0.29, 0.717) is 12.1 Å². The number of aromatic hydroxyl groups is 1. The molecule has 2 rings (SSSR count). The van der Waals surface area contributed by atoms with E-state index in [-0.39, 0.29) is 17.0 Å². The van der Waals surface area contributed by atoms with Crippen LogP contribution in [0.4, 0.5) is 23.2 Å². The van der Waals surface area contributed by atoms with Crippen LogP contribution >= 0.6 is 0 Å². The molecule has 0 bridgehead atoms. The Morgan fingerprint density at radius 2 is 1.90 bits per heavy atom. The summed E-state index contributed by atoms with van der Waals surface area (Å²) >= 11 is 0. The van der Waals surface area contributed by atoms with Gasteiger partial charge in [-0.1, -0.05) is 0 Å². The SMILES string of the molecule is O=C(Nc1ccc(F)c(C(F)(F)F)c1)c1cncc(O)c1. The van der Waals surface area contributed by atoms with E-state index in [4.69, 9.17) is 0 Å². The molecule has 1 heterocycles. The molecule has 2 N–H and O–H groups in total. The van der Waals surface area contributed by atoms with Crippen LogP contribution in [0.25, 0.3) is 0 Å². The maximum atomic E-state index is 13.1. The predicted molar refractivity (Wildman–Crippen MR) is 65.3 cm³/mol. The van der Waals surface area contributed by atoms with E-state index in [9.17, 15) is 27.5 Å². The molecule has 0 atom stereocenters. The zero-order chi connectivity index (χ0) is 15.6. The summed E-state index contributed by atoms with van der Waals surface area (Å²) in [6.45, 7) is 0. The third-order valence-electron chi connectivity index (χ3n) is 2.52. The van der Waals surface area contributed by atoms with Crippen molar-refractivity contribution in [1.82, 2.24) is 4.98 Å². The zero-order valence-electron chi connectivity index (χ0n) is 10.3. The van der Waals surface area contributed by atoms with Crippen molar-refractivity contribution in [3.63, 3.8) is 0 Å². The van der Waals surface area contributed by atoms with Gasteiger partial charge in [-0.15, -0.1) is 0 Å². The molecule has 0 spiro atoms. The minimum absolute atomic E-state index is 0.0483. The molecular formula is C13H8F4N2O2. The van der Waals surface area contributed by atoms with Crippen LogP contribution in [-0.4, -0.2) is 16.0 Å². The number of carbonyl (C=O) groups is 1. The number of pyridine rings is 1. The monoisotopic (exact) mass is 300 g/mol. The van der Waals surface area contributed by atoms with Crippen molar-refractivity contribution in [3.05, 3.63) is 53.6 Å². The highest BCUT2D eigenvalue weighted by molar-refractivity contribution is 6.04. The molecule has 0 unspecified atom stereocenters. The van der Waals surface area contributed by atoms with Crippen LogP contribution < -0.4 is 5.32 Å². The van der Waals surface area contributed by atoms with Crippen LogP contribution in [0.5, 0.6) is 5.75 Å². The Bertz CT molecular complexity index is 686. The van der Waals surface area contributed by atoms with Crippen molar-refractivity contribution in [2.45, 2.75) is 6.18 Å². The number of rotatable bonds is 2. The van der Waals surface area contributed by atoms with Gasteiger partial charge in [-0.3, -0.25) is 9.78 Å². The zero-order valence-corrected chi connectivity index (χ0v) is 10.3. The first-order valence-electron chi connectivity index (χ1n) is 5.59. The standard InChI is InChI=1S/C13H8F4N2O2/c14-11-2-1-8(4-10(11)13(15,16)17)19-12(21)7-3-9(20)6-18-5-7/h1-6,20H,(H,19,21). The van der Waals surface area contributed by atoms with Crippen molar-refractivity contribution < 1.29 is 27.5 Å². The lowest BCUT2D eigenvalue weighted by Crippen LogP contribution is -2.14. The molecule has 0 saturated carbocycles. The van der Waals surface area contributed by atoms with Gasteiger partial charge in [0.2, 0.25) is 0 Å². The Labute approximate surface area is 116 Å². The second-order valence-corrected chi connectivity index (χ2v) is 4.08. The molecule has 0 fully saturated rings. The molecular weight excluding hydrogens is 292 g/mol. The summed E-state index contributed by atoms with van der Waals surface area (Å²) in [5, 5.41) is 11.3. The summed E-state index contributed by atoms with van der Waals surface area (Å²) in [5.41, 5.74) is -1.75. The van der Waals surface area contributed by atoms with E-state index in [0.717, 1.165) is 24.5 Å². The number of hydrogen-bond donors (Lipinski definition) is 2. The highest BCUT2D eigenvalue weighted by Gasteiger charge is 2.34. The number of anilines is 1. The van der Waals surface area contributed by atoms with Gasteiger partial charge in [0.25, 0.3) is 5.91 Å². The summed E-state index contributed by atoms with van der Waals surface area (Å²) < 4.78 is 50.7. The second kappa shape index (κ2) is 5.39. The summed E-state index contributed by atoms with van der Waals surface area (Å²) in [4.78, 5) is 15.3. The predicted octanol–water partition coefficient (Wildman–Crippen LogP) is 3.20. The van der Waals surface area contributed by atoms with Gasteiger partial charge in [-0.25, -0.2) is 4.39 Å². The third-order valence-corrected chi connectivity index (χ3v) is 2.52. The number of nitrogens with zero attached hydrogens (tertiary/aromatic N) is 1. The lowest BCUT2D eigenvalue weighted by atomic mass is 10.1. The van der Waals surface area contributed by atoms with Gasteiger partial charge in [-0.2, -0.15) is 13.2 Å². The van der Waals surface area contributed by atoms with Crippen molar-refractivity contribution in [2.24, 2.45) is 0 Å². The lowest BCUT2D eigenvalue weighted by Gasteiger charge is -2.11. The minimum Gasteiger partial charge on any atom is -0.506 e. The Hall–Kier alpha value is -2.64. The molecule has 0 aliphatic heterocycles. The number of alkyl halides is 3. The van der Waals surface area contributed by atoms with Gasteiger partial charge >= 0.3 is 6.18 Å². The Kier molecular flexibility index (Phi) is 3.79. The van der Waals surface area contributed by atoms with E-state index in [1.165, 1.54) is 0 Å². The summed E-state index contributed by atoms with van der Waals surface area (Å²) in [6, 6.07) is 3.19. The van der Waals surface area contributed by atoms with Crippen LogP contribution in [0.3, 0.4) is 0 Å².